The molecule has 3 amide bonds. The molecular formula is C12H17N3O4S. The van der Waals surface area contributed by atoms with Crippen LogP contribution in [0.5, 0.6) is 0 Å². The number of carboxylic acids is 1. The fraction of sp³-hybridized carbons (Fsp3) is 0.417. The molecule has 0 fully saturated rings. The van der Waals surface area contributed by atoms with Crippen molar-refractivity contribution in [2.24, 2.45) is 5.73 Å². The third-order valence-electron chi connectivity index (χ3n) is 2.51. The Balaban J connectivity index is 2.44. The van der Waals surface area contributed by atoms with Crippen molar-refractivity contribution in [3.05, 3.63) is 22.4 Å². The second-order valence-electron chi connectivity index (χ2n) is 4.42. The lowest BCUT2D eigenvalue weighted by atomic mass is 10.1. The van der Waals surface area contributed by atoms with E-state index in [1.807, 2.05) is 16.8 Å². The molecule has 0 aromatic carbocycles. The average molecular weight is 299 g/mol. The van der Waals surface area contributed by atoms with Gasteiger partial charge in [0.1, 0.15) is 6.04 Å². The Morgan fingerprint density at radius 2 is 2.10 bits per heavy atom. The molecule has 20 heavy (non-hydrogen) atoms. The SMILES string of the molecule is CC(Cc1ccsc1)NC(=O)N[C@@H](CC(N)=O)C(=O)O. The fourth-order valence-electron chi connectivity index (χ4n) is 1.64. The van der Waals surface area contributed by atoms with Crippen molar-refractivity contribution >= 4 is 29.2 Å². The van der Waals surface area contributed by atoms with Gasteiger partial charge < -0.3 is 21.5 Å². The summed E-state index contributed by atoms with van der Waals surface area (Å²) in [6.07, 6.45) is 0.201. The number of carbonyl (C=O) groups is 3. The molecule has 1 heterocycles. The number of rotatable bonds is 7. The maximum absolute atomic E-state index is 11.6. The summed E-state index contributed by atoms with van der Waals surface area (Å²) in [5, 5.41) is 17.6. The van der Waals surface area contributed by atoms with Crippen molar-refractivity contribution < 1.29 is 19.5 Å². The van der Waals surface area contributed by atoms with Gasteiger partial charge in [-0.05, 0) is 35.7 Å². The molecule has 8 heteroatoms. The first-order valence-corrected chi connectivity index (χ1v) is 6.92. The van der Waals surface area contributed by atoms with Crippen molar-refractivity contribution in [2.45, 2.75) is 31.8 Å². The van der Waals surface area contributed by atoms with Gasteiger partial charge in [0.05, 0.1) is 6.42 Å². The highest BCUT2D eigenvalue weighted by Crippen LogP contribution is 2.08. The van der Waals surface area contributed by atoms with E-state index in [0.29, 0.717) is 6.42 Å². The number of nitrogens with two attached hydrogens (primary N) is 1. The van der Waals surface area contributed by atoms with E-state index < -0.39 is 30.4 Å². The Kier molecular flexibility index (Phi) is 5.98. The van der Waals surface area contributed by atoms with Crippen LogP contribution in [-0.2, 0) is 16.0 Å². The lowest BCUT2D eigenvalue weighted by molar-refractivity contribution is -0.140. The Hall–Kier alpha value is -2.09. The molecule has 0 aliphatic carbocycles. The van der Waals surface area contributed by atoms with Crippen LogP contribution in [0.4, 0.5) is 4.79 Å². The van der Waals surface area contributed by atoms with Gasteiger partial charge in [0, 0.05) is 6.04 Å². The van der Waals surface area contributed by atoms with Crippen molar-refractivity contribution in [2.75, 3.05) is 0 Å². The first-order chi connectivity index (χ1) is 9.38. The summed E-state index contributed by atoms with van der Waals surface area (Å²) in [5.74, 6) is -2.09. The van der Waals surface area contributed by atoms with Crippen molar-refractivity contribution in [1.29, 1.82) is 0 Å². The second-order valence-corrected chi connectivity index (χ2v) is 5.20. The summed E-state index contributed by atoms with van der Waals surface area (Å²) in [4.78, 5) is 33.2. The molecule has 1 rings (SSSR count). The number of thiophene rings is 1. The predicted molar refractivity (Wildman–Crippen MR) is 74.4 cm³/mol. The minimum Gasteiger partial charge on any atom is -0.480 e. The van der Waals surface area contributed by atoms with E-state index in [-0.39, 0.29) is 6.04 Å². The standard InChI is InChI=1S/C12H17N3O4S/c1-7(4-8-2-3-20-6-8)14-12(19)15-9(11(17)18)5-10(13)16/h2-3,6-7,9H,4-5H2,1H3,(H2,13,16)(H,17,18)(H2,14,15,19)/t7?,9-/m0/s1. The van der Waals surface area contributed by atoms with E-state index >= 15 is 0 Å². The molecule has 0 aliphatic heterocycles. The normalized spacial score (nSPS) is 13.2. The van der Waals surface area contributed by atoms with Gasteiger partial charge in [0.2, 0.25) is 5.91 Å². The van der Waals surface area contributed by atoms with Crippen molar-refractivity contribution in [1.82, 2.24) is 10.6 Å². The topological polar surface area (TPSA) is 122 Å². The van der Waals surface area contributed by atoms with Crippen LogP contribution >= 0.6 is 11.3 Å². The molecule has 110 valence electrons. The number of carbonyl (C=O) groups excluding carboxylic acids is 2. The lowest BCUT2D eigenvalue weighted by Crippen LogP contribution is -2.50. The first-order valence-electron chi connectivity index (χ1n) is 5.97. The van der Waals surface area contributed by atoms with Gasteiger partial charge in [-0.1, -0.05) is 0 Å². The molecule has 5 N–H and O–H groups in total. The summed E-state index contributed by atoms with van der Waals surface area (Å²) >= 11 is 1.56. The number of aliphatic carboxylic acids is 1. The number of carboxylic acid groups (broad SMARTS) is 1. The van der Waals surface area contributed by atoms with Crippen LogP contribution < -0.4 is 16.4 Å². The summed E-state index contributed by atoms with van der Waals surface area (Å²) < 4.78 is 0. The van der Waals surface area contributed by atoms with Crippen molar-refractivity contribution in [3.8, 4) is 0 Å². The lowest BCUT2D eigenvalue weighted by Gasteiger charge is -2.17. The van der Waals surface area contributed by atoms with Gasteiger partial charge in [-0.15, -0.1) is 0 Å². The molecule has 0 bridgehead atoms. The fourth-order valence-corrected chi connectivity index (χ4v) is 2.32. The highest BCUT2D eigenvalue weighted by Gasteiger charge is 2.22. The average Bonchev–Trinajstić information content (AvgIpc) is 2.79. The molecule has 0 spiro atoms. The molecule has 1 aromatic rings. The Bertz CT molecular complexity index is 475. The van der Waals surface area contributed by atoms with E-state index in [2.05, 4.69) is 10.6 Å². The molecule has 2 atom stereocenters. The molecular weight excluding hydrogens is 282 g/mol. The number of primary amides is 1. The van der Waals surface area contributed by atoms with Gasteiger partial charge in [0.15, 0.2) is 0 Å². The van der Waals surface area contributed by atoms with Gasteiger partial charge >= 0.3 is 12.0 Å². The second kappa shape index (κ2) is 7.49. The predicted octanol–water partition coefficient (Wildman–Crippen LogP) is 0.307. The zero-order valence-corrected chi connectivity index (χ0v) is 11.8. The van der Waals surface area contributed by atoms with Crippen LogP contribution in [0.15, 0.2) is 16.8 Å². The van der Waals surface area contributed by atoms with Crippen molar-refractivity contribution in [3.63, 3.8) is 0 Å². The number of hydrogen-bond donors (Lipinski definition) is 4. The van der Waals surface area contributed by atoms with E-state index in [1.54, 1.807) is 18.3 Å². The molecule has 0 radical (unpaired) electrons. The van der Waals surface area contributed by atoms with E-state index in [0.717, 1.165) is 5.56 Å². The molecule has 7 nitrogen and oxygen atoms in total. The van der Waals surface area contributed by atoms with Crippen LogP contribution in [0.1, 0.15) is 18.9 Å². The van der Waals surface area contributed by atoms with Gasteiger partial charge in [-0.25, -0.2) is 9.59 Å². The van der Waals surface area contributed by atoms with Gasteiger partial charge in [-0.2, -0.15) is 11.3 Å². The number of hydrogen-bond acceptors (Lipinski definition) is 4. The third-order valence-corrected chi connectivity index (χ3v) is 3.24. The maximum atomic E-state index is 11.6. The van der Waals surface area contributed by atoms with E-state index in [9.17, 15) is 14.4 Å². The highest BCUT2D eigenvalue weighted by atomic mass is 32.1. The zero-order valence-electron chi connectivity index (χ0n) is 11.0. The number of amides is 3. The van der Waals surface area contributed by atoms with Crippen LogP contribution in [0.3, 0.4) is 0 Å². The first kappa shape index (κ1) is 16.0. The minimum atomic E-state index is -1.32. The number of nitrogens with one attached hydrogen (secondary N) is 2. The van der Waals surface area contributed by atoms with Crippen LogP contribution in [0, 0.1) is 0 Å². The Labute approximate surface area is 120 Å². The minimum absolute atomic E-state index is 0.160. The van der Waals surface area contributed by atoms with Gasteiger partial charge in [-0.3, -0.25) is 4.79 Å². The van der Waals surface area contributed by atoms with Crippen LogP contribution in [-0.4, -0.2) is 35.1 Å². The van der Waals surface area contributed by atoms with Crippen LogP contribution in [0.25, 0.3) is 0 Å². The quantitative estimate of drug-likeness (QED) is 0.578. The molecule has 0 saturated carbocycles. The number of urea groups is 1. The molecule has 0 aliphatic rings. The zero-order chi connectivity index (χ0) is 15.1. The van der Waals surface area contributed by atoms with E-state index in [1.165, 1.54) is 0 Å². The molecule has 1 aromatic heterocycles. The Morgan fingerprint density at radius 3 is 2.60 bits per heavy atom. The largest absolute Gasteiger partial charge is 0.480 e. The summed E-state index contributed by atoms with van der Waals surface area (Å²) in [6, 6.07) is -0.164. The summed E-state index contributed by atoms with van der Waals surface area (Å²) in [6.45, 7) is 1.81. The van der Waals surface area contributed by atoms with Gasteiger partial charge in [0.25, 0.3) is 0 Å². The monoisotopic (exact) mass is 299 g/mol. The molecule has 0 saturated heterocycles. The third kappa shape index (κ3) is 5.70. The summed E-state index contributed by atoms with van der Waals surface area (Å²) in [7, 11) is 0. The smallest absolute Gasteiger partial charge is 0.326 e. The maximum Gasteiger partial charge on any atom is 0.326 e. The highest BCUT2D eigenvalue weighted by molar-refractivity contribution is 7.07. The van der Waals surface area contributed by atoms with E-state index in [4.69, 9.17) is 10.8 Å². The van der Waals surface area contributed by atoms with Crippen LogP contribution in [0.2, 0.25) is 0 Å². The summed E-state index contributed by atoms with van der Waals surface area (Å²) in [5.41, 5.74) is 6.02. The Morgan fingerprint density at radius 1 is 1.40 bits per heavy atom. The molecule has 1 unspecified atom stereocenters.